The van der Waals surface area contributed by atoms with Gasteiger partial charge in [-0.15, -0.1) is 0 Å². The summed E-state index contributed by atoms with van der Waals surface area (Å²) in [6.45, 7) is 3.54. The fourth-order valence-corrected chi connectivity index (χ4v) is 2.31. The van der Waals surface area contributed by atoms with Crippen LogP contribution in [0.3, 0.4) is 0 Å². The lowest BCUT2D eigenvalue weighted by Crippen LogP contribution is -2.20. The van der Waals surface area contributed by atoms with E-state index in [2.05, 4.69) is 10.9 Å². The van der Waals surface area contributed by atoms with Gasteiger partial charge in [0.25, 0.3) is 0 Å². The molecule has 0 saturated carbocycles. The summed E-state index contributed by atoms with van der Waals surface area (Å²) in [4.78, 5) is 11.2. The van der Waals surface area contributed by atoms with Gasteiger partial charge in [-0.1, -0.05) is 30.3 Å². The molecule has 2 aromatic carbocycles. The van der Waals surface area contributed by atoms with Crippen LogP contribution in [-0.4, -0.2) is 19.2 Å². The molecule has 5 nitrogen and oxygen atoms in total. The molecule has 0 spiro atoms. The summed E-state index contributed by atoms with van der Waals surface area (Å²) in [6.07, 6.45) is 2.06. The summed E-state index contributed by atoms with van der Waals surface area (Å²) >= 11 is 0. The first-order chi connectivity index (χ1) is 12.3. The van der Waals surface area contributed by atoms with Crippen LogP contribution >= 0.6 is 0 Å². The summed E-state index contributed by atoms with van der Waals surface area (Å²) in [5.41, 5.74) is 8.50. The monoisotopic (exact) mass is 342 g/mol. The molecule has 0 atom stereocenters. The number of hydrazine groups is 1. The third-order valence-corrected chi connectivity index (χ3v) is 3.55. The molecule has 0 unspecified atom stereocenters. The van der Waals surface area contributed by atoms with Crippen molar-refractivity contribution in [2.24, 2.45) is 0 Å². The summed E-state index contributed by atoms with van der Waals surface area (Å²) in [5, 5.41) is 0. The molecule has 0 radical (unpaired) electrons. The zero-order valence-corrected chi connectivity index (χ0v) is 14.7. The number of carbonyl (C=O) groups excluding carboxylic acids is 1. The lowest BCUT2D eigenvalue weighted by atomic mass is 10.2. The van der Waals surface area contributed by atoms with E-state index in [-0.39, 0.29) is 5.97 Å². The summed E-state index contributed by atoms with van der Waals surface area (Å²) < 4.78 is 10.7. The normalized spacial score (nSPS) is 10.3. The molecule has 134 valence electrons. The van der Waals surface area contributed by atoms with Gasteiger partial charge in [-0.2, -0.15) is 0 Å². The molecule has 0 amide bonds. The number of esters is 1. The molecule has 0 aliphatic rings. The minimum atomic E-state index is -0.138. The topological polar surface area (TPSA) is 59.6 Å². The number of unbranched alkanes of at least 4 members (excludes halogenated alkanes) is 1. The molecule has 0 heterocycles. The average molecular weight is 342 g/mol. The van der Waals surface area contributed by atoms with Crippen molar-refractivity contribution in [3.63, 3.8) is 0 Å². The number of anilines is 1. The Bertz CT molecular complexity index is 632. The lowest BCUT2D eigenvalue weighted by Gasteiger charge is -2.10. The third-order valence-electron chi connectivity index (χ3n) is 3.55. The zero-order valence-electron chi connectivity index (χ0n) is 14.7. The highest BCUT2D eigenvalue weighted by Gasteiger charge is 2.02. The second-order valence-electron chi connectivity index (χ2n) is 5.60. The molecule has 25 heavy (non-hydrogen) atoms. The first kappa shape index (κ1) is 18.8. The molecule has 2 rings (SSSR count). The van der Waals surface area contributed by atoms with Gasteiger partial charge in [0.1, 0.15) is 5.75 Å². The van der Waals surface area contributed by atoms with Crippen LogP contribution in [-0.2, 0) is 16.1 Å². The summed E-state index contributed by atoms with van der Waals surface area (Å²) in [7, 11) is 0. The largest absolute Gasteiger partial charge is 0.494 e. The van der Waals surface area contributed by atoms with Crippen LogP contribution in [0, 0.1) is 0 Å². The maximum atomic E-state index is 11.2. The highest BCUT2D eigenvalue weighted by molar-refractivity contribution is 5.69. The minimum absolute atomic E-state index is 0.138. The Morgan fingerprint density at radius 2 is 1.88 bits per heavy atom. The molecule has 2 aromatic rings. The third kappa shape index (κ3) is 7.72. The van der Waals surface area contributed by atoms with Crippen LogP contribution in [0.2, 0.25) is 0 Å². The standard InChI is InChI=1S/C20H26N2O3/c1-2-24-20(23)13-6-7-14-25-19-12-8-9-17(15-19)16-21-22-18-10-4-3-5-11-18/h3-5,8-12,15,21-22H,2,6-7,13-14,16H2,1H3. The molecule has 0 fully saturated rings. The number of hydrogen-bond acceptors (Lipinski definition) is 5. The van der Waals surface area contributed by atoms with Crippen molar-refractivity contribution in [1.29, 1.82) is 0 Å². The predicted molar refractivity (Wildman–Crippen MR) is 99.3 cm³/mol. The van der Waals surface area contributed by atoms with Gasteiger partial charge in [-0.3, -0.25) is 4.79 Å². The Hall–Kier alpha value is -2.53. The number of ether oxygens (including phenoxy) is 2. The van der Waals surface area contributed by atoms with Crippen LogP contribution in [0.25, 0.3) is 0 Å². The van der Waals surface area contributed by atoms with Crippen molar-refractivity contribution in [3.8, 4) is 5.75 Å². The second kappa shape index (κ2) is 11.1. The molecule has 0 aliphatic carbocycles. The van der Waals surface area contributed by atoms with Gasteiger partial charge in [0.05, 0.1) is 13.2 Å². The van der Waals surface area contributed by atoms with Crippen molar-refractivity contribution < 1.29 is 14.3 Å². The van der Waals surface area contributed by atoms with E-state index in [4.69, 9.17) is 9.47 Å². The van der Waals surface area contributed by atoms with Crippen molar-refractivity contribution in [1.82, 2.24) is 5.43 Å². The van der Waals surface area contributed by atoms with Gasteiger partial charge < -0.3 is 14.9 Å². The van der Waals surface area contributed by atoms with Crippen molar-refractivity contribution in [2.45, 2.75) is 32.7 Å². The van der Waals surface area contributed by atoms with Gasteiger partial charge in [0, 0.05) is 18.7 Å². The van der Waals surface area contributed by atoms with Crippen molar-refractivity contribution >= 4 is 11.7 Å². The molecule has 5 heteroatoms. The molecular weight excluding hydrogens is 316 g/mol. The van der Waals surface area contributed by atoms with E-state index in [1.54, 1.807) is 0 Å². The summed E-state index contributed by atoms with van der Waals surface area (Å²) in [6, 6.07) is 18.0. The van der Waals surface area contributed by atoms with E-state index >= 15 is 0 Å². The van der Waals surface area contributed by atoms with E-state index in [0.29, 0.717) is 26.2 Å². The quantitative estimate of drug-likeness (QED) is 0.368. The van der Waals surface area contributed by atoms with Gasteiger partial charge in [-0.05, 0) is 49.6 Å². The van der Waals surface area contributed by atoms with E-state index in [9.17, 15) is 4.79 Å². The van der Waals surface area contributed by atoms with Crippen LogP contribution < -0.4 is 15.6 Å². The average Bonchev–Trinajstić information content (AvgIpc) is 2.63. The van der Waals surface area contributed by atoms with E-state index in [1.165, 1.54) is 0 Å². The number of para-hydroxylation sites is 1. The second-order valence-corrected chi connectivity index (χ2v) is 5.60. The molecule has 0 saturated heterocycles. The summed E-state index contributed by atoms with van der Waals surface area (Å²) in [5.74, 6) is 0.705. The molecule has 2 N–H and O–H groups in total. The fourth-order valence-electron chi connectivity index (χ4n) is 2.31. The van der Waals surface area contributed by atoms with Crippen LogP contribution in [0.1, 0.15) is 31.7 Å². The Balaban J connectivity index is 1.65. The number of rotatable bonds is 11. The molecule has 0 aliphatic heterocycles. The number of hydrogen-bond donors (Lipinski definition) is 2. The minimum Gasteiger partial charge on any atom is -0.494 e. The Labute approximate surface area is 149 Å². The molecule has 0 bridgehead atoms. The Kier molecular flexibility index (Phi) is 8.35. The highest BCUT2D eigenvalue weighted by Crippen LogP contribution is 2.14. The van der Waals surface area contributed by atoms with Gasteiger partial charge >= 0.3 is 5.97 Å². The number of nitrogens with one attached hydrogen (secondary N) is 2. The predicted octanol–water partition coefficient (Wildman–Crippen LogP) is 3.92. The smallest absolute Gasteiger partial charge is 0.305 e. The lowest BCUT2D eigenvalue weighted by molar-refractivity contribution is -0.143. The SMILES string of the molecule is CCOC(=O)CCCCOc1cccc(CNNc2ccccc2)c1. The van der Waals surface area contributed by atoms with E-state index in [1.807, 2.05) is 61.5 Å². The van der Waals surface area contributed by atoms with Gasteiger partial charge in [0.15, 0.2) is 0 Å². The zero-order chi connectivity index (χ0) is 17.7. The van der Waals surface area contributed by atoms with E-state index in [0.717, 1.165) is 29.8 Å². The van der Waals surface area contributed by atoms with Gasteiger partial charge in [0.2, 0.25) is 0 Å². The van der Waals surface area contributed by atoms with Gasteiger partial charge in [-0.25, -0.2) is 5.43 Å². The number of benzene rings is 2. The Morgan fingerprint density at radius 1 is 1.04 bits per heavy atom. The fraction of sp³-hybridized carbons (Fsp3) is 0.350. The van der Waals surface area contributed by atoms with Crippen LogP contribution in [0.15, 0.2) is 54.6 Å². The van der Waals surface area contributed by atoms with E-state index < -0.39 is 0 Å². The highest BCUT2D eigenvalue weighted by atomic mass is 16.5. The molecular formula is C20H26N2O3. The van der Waals surface area contributed by atoms with Crippen LogP contribution in [0.5, 0.6) is 5.75 Å². The first-order valence-electron chi connectivity index (χ1n) is 8.69. The van der Waals surface area contributed by atoms with Crippen molar-refractivity contribution in [3.05, 3.63) is 60.2 Å². The maximum absolute atomic E-state index is 11.2. The Morgan fingerprint density at radius 3 is 2.68 bits per heavy atom. The number of carbonyl (C=O) groups is 1. The van der Waals surface area contributed by atoms with Crippen molar-refractivity contribution in [2.75, 3.05) is 18.6 Å². The molecule has 0 aromatic heterocycles. The van der Waals surface area contributed by atoms with Crippen LogP contribution in [0.4, 0.5) is 5.69 Å². The maximum Gasteiger partial charge on any atom is 0.305 e. The first-order valence-corrected chi connectivity index (χ1v) is 8.69.